The first-order chi connectivity index (χ1) is 12.3. The van der Waals surface area contributed by atoms with E-state index >= 15 is 0 Å². The highest BCUT2D eigenvalue weighted by Crippen LogP contribution is 2.37. The van der Waals surface area contributed by atoms with Gasteiger partial charge in [-0.25, -0.2) is 9.97 Å². The maximum Gasteiger partial charge on any atom is 0.222 e. The second kappa shape index (κ2) is 6.80. The second-order valence-electron chi connectivity index (χ2n) is 6.16. The van der Waals surface area contributed by atoms with Crippen LogP contribution in [-0.4, -0.2) is 27.3 Å². The molecule has 0 aliphatic carbocycles. The van der Waals surface area contributed by atoms with Gasteiger partial charge in [-0.05, 0) is 17.5 Å². The fourth-order valence-electron chi connectivity index (χ4n) is 3.28. The van der Waals surface area contributed by atoms with Crippen molar-refractivity contribution in [3.63, 3.8) is 0 Å². The lowest BCUT2D eigenvalue weighted by Crippen LogP contribution is -2.34. The monoisotopic (exact) mass is 352 g/mol. The minimum absolute atomic E-state index is 0.219. The summed E-state index contributed by atoms with van der Waals surface area (Å²) in [7, 11) is 0. The molecule has 1 aliphatic rings. The van der Waals surface area contributed by atoms with Gasteiger partial charge in [0, 0.05) is 24.4 Å². The summed E-state index contributed by atoms with van der Waals surface area (Å²) in [6, 6.07) is 10.3. The predicted octanol–water partition coefficient (Wildman–Crippen LogP) is 3.60. The van der Waals surface area contributed by atoms with Gasteiger partial charge in [0.15, 0.2) is 0 Å². The van der Waals surface area contributed by atoms with Gasteiger partial charge in [-0.3, -0.25) is 4.79 Å². The molecule has 0 radical (unpaired) electrons. The van der Waals surface area contributed by atoms with Gasteiger partial charge >= 0.3 is 0 Å². The number of hydrogen-bond donors (Lipinski definition) is 1. The highest BCUT2D eigenvalue weighted by Gasteiger charge is 2.25. The molecule has 1 aromatic carbocycles. The molecule has 0 bridgehead atoms. The summed E-state index contributed by atoms with van der Waals surface area (Å²) in [5.41, 5.74) is 2.52. The molecular formula is C19H20N4OS. The SMILES string of the molecule is CCC(=O)N1CCc2c(sc3ncnc(NCc4ccccc4)c23)C1. The molecule has 1 amide bonds. The number of benzene rings is 1. The van der Waals surface area contributed by atoms with Gasteiger partial charge in [0.05, 0.1) is 11.9 Å². The number of fused-ring (bicyclic) bond motifs is 3. The van der Waals surface area contributed by atoms with Crippen molar-refractivity contribution in [2.45, 2.75) is 32.9 Å². The number of hydrogen-bond acceptors (Lipinski definition) is 5. The van der Waals surface area contributed by atoms with Gasteiger partial charge in [-0.1, -0.05) is 37.3 Å². The van der Waals surface area contributed by atoms with Gasteiger partial charge < -0.3 is 10.2 Å². The number of thiophene rings is 1. The van der Waals surface area contributed by atoms with Crippen LogP contribution in [0.1, 0.15) is 29.3 Å². The number of nitrogens with one attached hydrogen (secondary N) is 1. The van der Waals surface area contributed by atoms with Crippen LogP contribution in [0, 0.1) is 0 Å². The molecule has 0 saturated heterocycles. The summed E-state index contributed by atoms with van der Waals surface area (Å²) in [5, 5.41) is 4.59. The lowest BCUT2D eigenvalue weighted by molar-refractivity contribution is -0.131. The van der Waals surface area contributed by atoms with E-state index in [-0.39, 0.29) is 5.91 Å². The van der Waals surface area contributed by atoms with Crippen molar-refractivity contribution < 1.29 is 4.79 Å². The van der Waals surface area contributed by atoms with Crippen molar-refractivity contribution in [1.82, 2.24) is 14.9 Å². The minimum Gasteiger partial charge on any atom is -0.365 e. The summed E-state index contributed by atoms with van der Waals surface area (Å²) in [6.45, 7) is 4.12. The Morgan fingerprint density at radius 2 is 2.12 bits per heavy atom. The van der Waals surface area contributed by atoms with Crippen LogP contribution in [0.5, 0.6) is 0 Å². The standard InChI is InChI=1S/C19H20N4OS/c1-2-16(24)23-9-8-14-15(11-23)25-19-17(14)18(21-12-22-19)20-10-13-6-4-3-5-7-13/h3-7,12H,2,8-11H2,1H3,(H,20,21,22). The number of rotatable bonds is 4. The molecule has 0 saturated carbocycles. The quantitative estimate of drug-likeness (QED) is 0.779. The van der Waals surface area contributed by atoms with Crippen LogP contribution < -0.4 is 5.32 Å². The van der Waals surface area contributed by atoms with Gasteiger partial charge in [-0.2, -0.15) is 0 Å². The smallest absolute Gasteiger partial charge is 0.222 e. The second-order valence-corrected chi connectivity index (χ2v) is 7.25. The molecule has 0 fully saturated rings. The Labute approximate surface area is 150 Å². The molecule has 6 heteroatoms. The van der Waals surface area contributed by atoms with E-state index in [1.165, 1.54) is 16.0 Å². The van der Waals surface area contributed by atoms with Crippen LogP contribution in [0.25, 0.3) is 10.2 Å². The number of anilines is 1. The number of aromatic nitrogens is 2. The third-order valence-corrected chi connectivity index (χ3v) is 5.72. The van der Waals surface area contributed by atoms with Gasteiger partial charge in [0.2, 0.25) is 5.91 Å². The zero-order valence-electron chi connectivity index (χ0n) is 14.2. The third-order valence-electron chi connectivity index (χ3n) is 4.59. The van der Waals surface area contributed by atoms with Crippen LogP contribution >= 0.6 is 11.3 Å². The molecule has 3 heterocycles. The van der Waals surface area contributed by atoms with E-state index in [9.17, 15) is 4.79 Å². The number of carbonyl (C=O) groups excluding carboxylic acids is 1. The maximum atomic E-state index is 12.0. The Morgan fingerprint density at radius 1 is 1.28 bits per heavy atom. The van der Waals surface area contributed by atoms with Crippen molar-refractivity contribution in [3.8, 4) is 0 Å². The lowest BCUT2D eigenvalue weighted by atomic mass is 10.0. The van der Waals surface area contributed by atoms with Crippen LogP contribution in [0.2, 0.25) is 0 Å². The third kappa shape index (κ3) is 3.09. The number of carbonyl (C=O) groups is 1. The number of nitrogens with zero attached hydrogens (tertiary/aromatic N) is 3. The predicted molar refractivity (Wildman–Crippen MR) is 101 cm³/mol. The Kier molecular flexibility index (Phi) is 4.36. The molecule has 0 spiro atoms. The van der Waals surface area contributed by atoms with E-state index < -0.39 is 0 Å². The van der Waals surface area contributed by atoms with Gasteiger partial charge in [0.1, 0.15) is 17.0 Å². The summed E-state index contributed by atoms with van der Waals surface area (Å²) in [6.07, 6.45) is 3.05. The van der Waals surface area contributed by atoms with Crippen molar-refractivity contribution in [3.05, 3.63) is 52.7 Å². The van der Waals surface area contributed by atoms with Crippen LogP contribution in [0.3, 0.4) is 0 Å². The fraction of sp³-hybridized carbons (Fsp3) is 0.316. The van der Waals surface area contributed by atoms with E-state index in [0.717, 1.165) is 35.5 Å². The van der Waals surface area contributed by atoms with E-state index in [1.807, 2.05) is 30.0 Å². The van der Waals surface area contributed by atoms with Crippen molar-refractivity contribution in [2.24, 2.45) is 0 Å². The first kappa shape index (κ1) is 16.0. The average Bonchev–Trinajstić information content (AvgIpc) is 3.04. The molecule has 128 valence electrons. The first-order valence-electron chi connectivity index (χ1n) is 8.57. The molecule has 5 nitrogen and oxygen atoms in total. The molecule has 1 aliphatic heterocycles. The molecule has 4 rings (SSSR count). The Morgan fingerprint density at radius 3 is 2.92 bits per heavy atom. The van der Waals surface area contributed by atoms with E-state index in [1.54, 1.807) is 17.7 Å². The molecular weight excluding hydrogens is 332 g/mol. The van der Waals surface area contributed by atoms with Gasteiger partial charge in [0.25, 0.3) is 0 Å². The normalized spacial score (nSPS) is 13.7. The summed E-state index contributed by atoms with van der Waals surface area (Å²) in [5.74, 6) is 1.11. The Hall–Kier alpha value is -2.47. The molecule has 25 heavy (non-hydrogen) atoms. The minimum atomic E-state index is 0.219. The van der Waals surface area contributed by atoms with E-state index in [0.29, 0.717) is 13.0 Å². The van der Waals surface area contributed by atoms with Crippen LogP contribution in [-0.2, 0) is 24.3 Å². The van der Waals surface area contributed by atoms with E-state index in [2.05, 4.69) is 27.4 Å². The molecule has 3 aromatic rings. The zero-order chi connectivity index (χ0) is 17.2. The zero-order valence-corrected chi connectivity index (χ0v) is 15.0. The Bertz CT molecular complexity index is 906. The maximum absolute atomic E-state index is 12.0. The van der Waals surface area contributed by atoms with Crippen molar-refractivity contribution in [1.29, 1.82) is 0 Å². The lowest BCUT2D eigenvalue weighted by Gasteiger charge is -2.26. The Balaban J connectivity index is 1.64. The van der Waals surface area contributed by atoms with Crippen LogP contribution in [0.15, 0.2) is 36.7 Å². The largest absolute Gasteiger partial charge is 0.365 e. The average molecular weight is 352 g/mol. The van der Waals surface area contributed by atoms with E-state index in [4.69, 9.17) is 0 Å². The summed E-state index contributed by atoms with van der Waals surface area (Å²) in [4.78, 5) is 25.1. The summed E-state index contributed by atoms with van der Waals surface area (Å²) >= 11 is 1.68. The van der Waals surface area contributed by atoms with Gasteiger partial charge in [-0.15, -0.1) is 11.3 Å². The highest BCUT2D eigenvalue weighted by atomic mass is 32.1. The summed E-state index contributed by atoms with van der Waals surface area (Å²) < 4.78 is 0. The molecule has 0 atom stereocenters. The van der Waals surface area contributed by atoms with Crippen molar-refractivity contribution >= 4 is 33.3 Å². The fourth-order valence-corrected chi connectivity index (χ4v) is 4.48. The number of amides is 1. The van der Waals surface area contributed by atoms with Crippen LogP contribution in [0.4, 0.5) is 5.82 Å². The first-order valence-corrected chi connectivity index (χ1v) is 9.38. The molecule has 2 aromatic heterocycles. The highest BCUT2D eigenvalue weighted by molar-refractivity contribution is 7.19. The molecule has 0 unspecified atom stereocenters. The topological polar surface area (TPSA) is 58.1 Å². The molecule has 1 N–H and O–H groups in total. The van der Waals surface area contributed by atoms with Crippen molar-refractivity contribution in [2.75, 3.05) is 11.9 Å².